The van der Waals surface area contributed by atoms with E-state index in [0.29, 0.717) is 23.6 Å². The van der Waals surface area contributed by atoms with E-state index in [2.05, 4.69) is 20.8 Å². The largest absolute Gasteiger partial charge is 0.489 e. The van der Waals surface area contributed by atoms with E-state index in [0.717, 1.165) is 12.3 Å². The molecule has 3 aromatic carbocycles. The van der Waals surface area contributed by atoms with Crippen LogP contribution in [0.4, 0.5) is 11.4 Å². The SMILES string of the molecule is CC(C)(C)c1ccc(C(=O)N(c2ccccc2)c2ccccc2OCC2CO2)cc1. The molecule has 0 bridgehead atoms. The van der Waals surface area contributed by atoms with Crippen LogP contribution >= 0.6 is 0 Å². The quantitative estimate of drug-likeness (QED) is 0.495. The fourth-order valence-electron chi connectivity index (χ4n) is 3.30. The lowest BCUT2D eigenvalue weighted by Gasteiger charge is -2.26. The Morgan fingerprint density at radius 2 is 1.60 bits per heavy atom. The lowest BCUT2D eigenvalue weighted by atomic mass is 9.86. The summed E-state index contributed by atoms with van der Waals surface area (Å²) in [6, 6.07) is 25.2. The minimum Gasteiger partial charge on any atom is -0.489 e. The highest BCUT2D eigenvalue weighted by Crippen LogP contribution is 2.36. The van der Waals surface area contributed by atoms with Gasteiger partial charge >= 0.3 is 0 Å². The monoisotopic (exact) mass is 401 g/mol. The van der Waals surface area contributed by atoms with Crippen LogP contribution in [0.5, 0.6) is 5.75 Å². The number of benzene rings is 3. The molecule has 154 valence electrons. The van der Waals surface area contributed by atoms with Gasteiger partial charge in [-0.25, -0.2) is 0 Å². The molecule has 4 nitrogen and oxygen atoms in total. The Balaban J connectivity index is 1.72. The molecule has 0 N–H and O–H groups in total. The summed E-state index contributed by atoms with van der Waals surface area (Å²) in [5.74, 6) is 0.567. The van der Waals surface area contributed by atoms with Crippen LogP contribution in [0.15, 0.2) is 78.9 Å². The van der Waals surface area contributed by atoms with Crippen molar-refractivity contribution in [1.82, 2.24) is 0 Å². The van der Waals surface area contributed by atoms with Crippen molar-refractivity contribution in [3.05, 3.63) is 90.0 Å². The maximum absolute atomic E-state index is 13.7. The molecule has 4 rings (SSSR count). The second-order valence-corrected chi connectivity index (χ2v) is 8.54. The summed E-state index contributed by atoms with van der Waals surface area (Å²) in [5.41, 5.74) is 3.37. The summed E-state index contributed by atoms with van der Waals surface area (Å²) >= 11 is 0. The molecule has 0 saturated carbocycles. The zero-order chi connectivity index (χ0) is 21.1. The van der Waals surface area contributed by atoms with Gasteiger partial charge in [-0.15, -0.1) is 0 Å². The van der Waals surface area contributed by atoms with Crippen molar-refractivity contribution in [2.45, 2.75) is 32.3 Å². The lowest BCUT2D eigenvalue weighted by Crippen LogP contribution is -2.27. The molecule has 1 atom stereocenters. The Bertz CT molecular complexity index is 1000. The number of para-hydroxylation sites is 3. The number of carbonyl (C=O) groups is 1. The van der Waals surface area contributed by atoms with E-state index in [1.54, 1.807) is 4.90 Å². The van der Waals surface area contributed by atoms with Gasteiger partial charge in [0.25, 0.3) is 5.91 Å². The van der Waals surface area contributed by atoms with E-state index in [1.807, 2.05) is 78.9 Å². The van der Waals surface area contributed by atoms with E-state index in [1.165, 1.54) is 5.56 Å². The Hall–Kier alpha value is -3.11. The zero-order valence-corrected chi connectivity index (χ0v) is 17.7. The molecule has 1 saturated heterocycles. The normalized spacial score (nSPS) is 15.5. The predicted molar refractivity (Wildman–Crippen MR) is 120 cm³/mol. The first kappa shape index (κ1) is 20.2. The van der Waals surface area contributed by atoms with Crippen LogP contribution < -0.4 is 9.64 Å². The first-order valence-corrected chi connectivity index (χ1v) is 10.3. The molecule has 1 unspecified atom stereocenters. The number of ether oxygens (including phenoxy) is 2. The second kappa shape index (κ2) is 8.33. The third-order valence-corrected chi connectivity index (χ3v) is 5.15. The van der Waals surface area contributed by atoms with Crippen molar-refractivity contribution >= 4 is 17.3 Å². The van der Waals surface area contributed by atoms with Crippen molar-refractivity contribution < 1.29 is 14.3 Å². The standard InChI is InChI=1S/C26H27NO3/c1-26(2,3)20-15-13-19(14-16-20)25(28)27(21-9-5-4-6-10-21)23-11-7-8-12-24(23)30-18-22-17-29-22/h4-16,22H,17-18H2,1-3H3. The summed E-state index contributed by atoms with van der Waals surface area (Å²) in [4.78, 5) is 15.4. The molecule has 3 aromatic rings. The molecule has 1 aliphatic rings. The highest BCUT2D eigenvalue weighted by molar-refractivity contribution is 6.11. The maximum atomic E-state index is 13.7. The predicted octanol–water partition coefficient (Wildman–Crippen LogP) is 5.74. The van der Waals surface area contributed by atoms with Crippen LogP contribution in [0, 0.1) is 0 Å². The van der Waals surface area contributed by atoms with E-state index in [4.69, 9.17) is 9.47 Å². The van der Waals surface area contributed by atoms with Crippen LogP contribution in [-0.4, -0.2) is 25.2 Å². The highest BCUT2D eigenvalue weighted by atomic mass is 16.6. The van der Waals surface area contributed by atoms with E-state index < -0.39 is 0 Å². The minimum absolute atomic E-state index is 0.0337. The number of amides is 1. The summed E-state index contributed by atoms with van der Waals surface area (Å²) in [7, 11) is 0. The van der Waals surface area contributed by atoms with Gasteiger partial charge in [0.2, 0.25) is 0 Å². The van der Waals surface area contributed by atoms with Crippen LogP contribution in [0.1, 0.15) is 36.7 Å². The van der Waals surface area contributed by atoms with Crippen LogP contribution in [0.2, 0.25) is 0 Å². The number of carbonyl (C=O) groups excluding carboxylic acids is 1. The number of rotatable bonds is 6. The molecular weight excluding hydrogens is 374 g/mol. The van der Waals surface area contributed by atoms with Gasteiger partial charge in [0.05, 0.1) is 12.3 Å². The van der Waals surface area contributed by atoms with Gasteiger partial charge in [0, 0.05) is 11.3 Å². The molecule has 0 radical (unpaired) electrons. The van der Waals surface area contributed by atoms with Gasteiger partial charge in [0.15, 0.2) is 0 Å². The topological polar surface area (TPSA) is 42.1 Å². The first-order valence-electron chi connectivity index (χ1n) is 10.3. The number of nitrogens with zero attached hydrogens (tertiary/aromatic N) is 1. The molecular formula is C26H27NO3. The Morgan fingerprint density at radius 1 is 0.967 bits per heavy atom. The van der Waals surface area contributed by atoms with Gasteiger partial charge in [0.1, 0.15) is 18.5 Å². The van der Waals surface area contributed by atoms with Crippen LogP contribution in [0.25, 0.3) is 0 Å². The molecule has 0 aromatic heterocycles. The third-order valence-electron chi connectivity index (χ3n) is 5.15. The van der Waals surface area contributed by atoms with Crippen molar-refractivity contribution in [3.63, 3.8) is 0 Å². The molecule has 1 aliphatic heterocycles. The van der Waals surface area contributed by atoms with Crippen molar-refractivity contribution in [2.24, 2.45) is 0 Å². The molecule has 4 heteroatoms. The van der Waals surface area contributed by atoms with E-state index >= 15 is 0 Å². The Labute approximate surface area is 178 Å². The summed E-state index contributed by atoms with van der Waals surface area (Å²) in [5, 5.41) is 0. The molecule has 1 amide bonds. The lowest BCUT2D eigenvalue weighted by molar-refractivity contribution is 0.0998. The van der Waals surface area contributed by atoms with Gasteiger partial charge < -0.3 is 9.47 Å². The van der Waals surface area contributed by atoms with Crippen LogP contribution in [0.3, 0.4) is 0 Å². The fourth-order valence-corrected chi connectivity index (χ4v) is 3.30. The number of anilines is 2. The number of hydrogen-bond acceptors (Lipinski definition) is 3. The van der Waals surface area contributed by atoms with Crippen LogP contribution in [-0.2, 0) is 10.2 Å². The van der Waals surface area contributed by atoms with Gasteiger partial charge in [-0.05, 0) is 47.4 Å². The molecule has 30 heavy (non-hydrogen) atoms. The molecule has 1 fully saturated rings. The summed E-state index contributed by atoms with van der Waals surface area (Å²) < 4.78 is 11.3. The third kappa shape index (κ3) is 4.55. The van der Waals surface area contributed by atoms with Crippen molar-refractivity contribution in [1.29, 1.82) is 0 Å². The average Bonchev–Trinajstić information content (AvgIpc) is 3.58. The van der Waals surface area contributed by atoms with Gasteiger partial charge in [-0.1, -0.05) is 63.2 Å². The number of hydrogen-bond donors (Lipinski definition) is 0. The molecule has 1 heterocycles. The minimum atomic E-state index is -0.0969. The Morgan fingerprint density at radius 3 is 2.23 bits per heavy atom. The van der Waals surface area contributed by atoms with E-state index in [-0.39, 0.29) is 17.4 Å². The van der Waals surface area contributed by atoms with E-state index in [9.17, 15) is 4.79 Å². The van der Waals surface area contributed by atoms with Gasteiger partial charge in [-0.2, -0.15) is 0 Å². The zero-order valence-electron chi connectivity index (χ0n) is 17.7. The smallest absolute Gasteiger partial charge is 0.262 e. The summed E-state index contributed by atoms with van der Waals surface area (Å²) in [6.07, 6.45) is 0.142. The maximum Gasteiger partial charge on any atom is 0.262 e. The van der Waals surface area contributed by atoms with Crippen molar-refractivity contribution in [2.75, 3.05) is 18.1 Å². The fraction of sp³-hybridized carbons (Fsp3) is 0.269. The summed E-state index contributed by atoms with van der Waals surface area (Å²) in [6.45, 7) is 7.70. The first-order chi connectivity index (χ1) is 14.4. The highest BCUT2D eigenvalue weighted by Gasteiger charge is 2.26. The average molecular weight is 402 g/mol. The second-order valence-electron chi connectivity index (χ2n) is 8.54. The number of epoxide rings is 1. The molecule has 0 aliphatic carbocycles. The molecule has 0 spiro atoms. The van der Waals surface area contributed by atoms with Gasteiger partial charge in [-0.3, -0.25) is 9.69 Å². The van der Waals surface area contributed by atoms with Crippen molar-refractivity contribution in [3.8, 4) is 5.75 Å². The Kier molecular flexibility index (Phi) is 5.60.